The Hall–Kier alpha value is -1.55. The summed E-state index contributed by atoms with van der Waals surface area (Å²) in [6.07, 6.45) is 0.963. The van der Waals surface area contributed by atoms with Gasteiger partial charge >= 0.3 is 0 Å². The zero-order valence-electron chi connectivity index (χ0n) is 10.5. The molecule has 0 aliphatic carbocycles. The van der Waals surface area contributed by atoms with E-state index in [0.717, 1.165) is 24.3 Å². The highest BCUT2D eigenvalue weighted by Crippen LogP contribution is 2.10. The van der Waals surface area contributed by atoms with Gasteiger partial charge in [0.15, 0.2) is 0 Å². The van der Waals surface area contributed by atoms with Crippen molar-refractivity contribution in [3.05, 3.63) is 29.8 Å². The molecule has 94 valence electrons. The number of ether oxygens (including phenoxy) is 1. The fourth-order valence-electron chi connectivity index (χ4n) is 1.39. The Morgan fingerprint density at radius 3 is 2.59 bits per heavy atom. The summed E-state index contributed by atoms with van der Waals surface area (Å²) in [7, 11) is 1.64. The van der Waals surface area contributed by atoms with Gasteiger partial charge in [0.25, 0.3) is 0 Å². The van der Waals surface area contributed by atoms with Gasteiger partial charge in [0.2, 0.25) is 5.91 Å². The summed E-state index contributed by atoms with van der Waals surface area (Å²) in [6.45, 7) is 3.81. The van der Waals surface area contributed by atoms with Crippen LogP contribution < -0.4 is 15.4 Å². The number of hydrogen-bond donors (Lipinski definition) is 2. The quantitative estimate of drug-likeness (QED) is 0.750. The Morgan fingerprint density at radius 1 is 1.29 bits per heavy atom. The minimum Gasteiger partial charge on any atom is -0.497 e. The van der Waals surface area contributed by atoms with E-state index in [1.165, 1.54) is 0 Å². The van der Waals surface area contributed by atoms with Crippen LogP contribution in [0.1, 0.15) is 18.9 Å². The molecule has 17 heavy (non-hydrogen) atoms. The third kappa shape index (κ3) is 5.36. The summed E-state index contributed by atoms with van der Waals surface area (Å²) in [4.78, 5) is 11.3. The predicted octanol–water partition coefficient (Wildman–Crippen LogP) is 1.31. The number of methoxy groups -OCH3 is 1. The van der Waals surface area contributed by atoms with Crippen LogP contribution in [-0.4, -0.2) is 26.1 Å². The van der Waals surface area contributed by atoms with Crippen LogP contribution in [0.5, 0.6) is 5.75 Å². The molecule has 4 heteroatoms. The number of rotatable bonds is 7. The molecule has 4 nitrogen and oxygen atoms in total. The maximum Gasteiger partial charge on any atom is 0.233 e. The molecule has 0 aliphatic rings. The second-order valence-electron chi connectivity index (χ2n) is 3.80. The topological polar surface area (TPSA) is 50.4 Å². The highest BCUT2D eigenvalue weighted by Gasteiger charge is 1.99. The maximum absolute atomic E-state index is 11.3. The van der Waals surface area contributed by atoms with E-state index in [2.05, 4.69) is 10.6 Å². The van der Waals surface area contributed by atoms with Gasteiger partial charge in [-0.2, -0.15) is 0 Å². The van der Waals surface area contributed by atoms with Gasteiger partial charge in [-0.05, 0) is 24.1 Å². The largest absolute Gasteiger partial charge is 0.497 e. The summed E-state index contributed by atoms with van der Waals surface area (Å²) in [5, 5.41) is 5.91. The van der Waals surface area contributed by atoms with E-state index in [1.807, 2.05) is 31.2 Å². The molecule has 0 atom stereocenters. The second kappa shape index (κ2) is 7.68. The third-order valence-corrected chi connectivity index (χ3v) is 2.35. The number of carbonyl (C=O) groups is 1. The van der Waals surface area contributed by atoms with Gasteiger partial charge in [-0.1, -0.05) is 19.1 Å². The fraction of sp³-hybridized carbons (Fsp3) is 0.462. The molecule has 0 fully saturated rings. The van der Waals surface area contributed by atoms with E-state index in [9.17, 15) is 4.79 Å². The normalized spacial score (nSPS) is 10.0. The first-order valence-corrected chi connectivity index (χ1v) is 5.86. The van der Waals surface area contributed by atoms with Crippen molar-refractivity contribution in [1.29, 1.82) is 0 Å². The van der Waals surface area contributed by atoms with Crippen molar-refractivity contribution in [3.8, 4) is 5.75 Å². The lowest BCUT2D eigenvalue weighted by molar-refractivity contribution is -0.120. The Balaban J connectivity index is 2.23. The van der Waals surface area contributed by atoms with Crippen molar-refractivity contribution in [1.82, 2.24) is 10.6 Å². The van der Waals surface area contributed by atoms with E-state index < -0.39 is 0 Å². The lowest BCUT2D eigenvalue weighted by Crippen LogP contribution is -2.33. The molecular weight excluding hydrogens is 216 g/mol. The first-order chi connectivity index (χ1) is 8.26. The van der Waals surface area contributed by atoms with Crippen LogP contribution in [0.2, 0.25) is 0 Å². The summed E-state index contributed by atoms with van der Waals surface area (Å²) in [6, 6.07) is 7.79. The molecule has 0 aromatic heterocycles. The summed E-state index contributed by atoms with van der Waals surface area (Å²) < 4.78 is 5.07. The molecule has 1 rings (SSSR count). The molecule has 1 aromatic rings. The summed E-state index contributed by atoms with van der Waals surface area (Å²) in [5.74, 6) is 0.884. The molecular formula is C13H20N2O2. The molecule has 0 bridgehead atoms. The van der Waals surface area contributed by atoms with Gasteiger partial charge < -0.3 is 15.4 Å². The van der Waals surface area contributed by atoms with Crippen LogP contribution in [0.15, 0.2) is 24.3 Å². The minimum absolute atomic E-state index is 0.0420. The van der Waals surface area contributed by atoms with Gasteiger partial charge in [-0.25, -0.2) is 0 Å². The molecule has 0 radical (unpaired) electrons. The van der Waals surface area contributed by atoms with Crippen molar-refractivity contribution >= 4 is 5.91 Å². The summed E-state index contributed by atoms with van der Waals surface area (Å²) >= 11 is 0. The number of benzene rings is 1. The lowest BCUT2D eigenvalue weighted by atomic mass is 10.2. The van der Waals surface area contributed by atoms with Gasteiger partial charge in [0, 0.05) is 13.1 Å². The van der Waals surface area contributed by atoms with Crippen LogP contribution in [0.3, 0.4) is 0 Å². The predicted molar refractivity (Wildman–Crippen MR) is 68.0 cm³/mol. The SMILES string of the molecule is CCCNC(=O)CNCc1ccc(OC)cc1. The maximum atomic E-state index is 11.3. The summed E-state index contributed by atoms with van der Waals surface area (Å²) in [5.41, 5.74) is 1.13. The highest BCUT2D eigenvalue weighted by molar-refractivity contribution is 5.77. The zero-order chi connectivity index (χ0) is 12.5. The van der Waals surface area contributed by atoms with E-state index in [-0.39, 0.29) is 5.91 Å². The van der Waals surface area contributed by atoms with Crippen LogP contribution in [-0.2, 0) is 11.3 Å². The molecule has 0 heterocycles. The Labute approximate surface area is 102 Å². The lowest BCUT2D eigenvalue weighted by Gasteiger charge is -2.06. The van der Waals surface area contributed by atoms with Crippen LogP contribution in [0.4, 0.5) is 0 Å². The molecule has 1 amide bonds. The molecule has 0 spiro atoms. The monoisotopic (exact) mass is 236 g/mol. The van der Waals surface area contributed by atoms with E-state index in [0.29, 0.717) is 13.1 Å². The first kappa shape index (κ1) is 13.5. The van der Waals surface area contributed by atoms with Gasteiger partial charge in [0.1, 0.15) is 5.75 Å². The number of nitrogens with one attached hydrogen (secondary N) is 2. The van der Waals surface area contributed by atoms with E-state index in [4.69, 9.17) is 4.74 Å². The van der Waals surface area contributed by atoms with E-state index >= 15 is 0 Å². The number of carbonyl (C=O) groups excluding carboxylic acids is 1. The molecule has 2 N–H and O–H groups in total. The number of amides is 1. The standard InChI is InChI=1S/C13H20N2O2/c1-3-8-15-13(16)10-14-9-11-4-6-12(17-2)7-5-11/h4-7,14H,3,8-10H2,1-2H3,(H,15,16). The Bertz CT molecular complexity index is 336. The van der Waals surface area contributed by atoms with Gasteiger partial charge in [-0.15, -0.1) is 0 Å². The average molecular weight is 236 g/mol. The van der Waals surface area contributed by atoms with E-state index in [1.54, 1.807) is 7.11 Å². The van der Waals surface area contributed by atoms with Crippen molar-refractivity contribution in [2.45, 2.75) is 19.9 Å². The van der Waals surface area contributed by atoms with Crippen molar-refractivity contribution in [2.24, 2.45) is 0 Å². The second-order valence-corrected chi connectivity index (χ2v) is 3.80. The highest BCUT2D eigenvalue weighted by atomic mass is 16.5. The molecule has 0 unspecified atom stereocenters. The first-order valence-electron chi connectivity index (χ1n) is 5.86. The van der Waals surface area contributed by atoms with Crippen LogP contribution >= 0.6 is 0 Å². The molecule has 0 aliphatic heterocycles. The fourth-order valence-corrected chi connectivity index (χ4v) is 1.39. The van der Waals surface area contributed by atoms with Gasteiger partial charge in [-0.3, -0.25) is 4.79 Å². The number of hydrogen-bond acceptors (Lipinski definition) is 3. The average Bonchev–Trinajstić information content (AvgIpc) is 2.37. The molecule has 0 saturated carbocycles. The van der Waals surface area contributed by atoms with Gasteiger partial charge in [0.05, 0.1) is 13.7 Å². The smallest absolute Gasteiger partial charge is 0.233 e. The molecule has 0 saturated heterocycles. The van der Waals surface area contributed by atoms with Crippen molar-refractivity contribution in [3.63, 3.8) is 0 Å². The zero-order valence-corrected chi connectivity index (χ0v) is 10.5. The van der Waals surface area contributed by atoms with Crippen LogP contribution in [0.25, 0.3) is 0 Å². The molecule has 1 aromatic carbocycles. The van der Waals surface area contributed by atoms with Crippen molar-refractivity contribution < 1.29 is 9.53 Å². The van der Waals surface area contributed by atoms with Crippen molar-refractivity contribution in [2.75, 3.05) is 20.2 Å². The minimum atomic E-state index is 0.0420. The third-order valence-electron chi connectivity index (χ3n) is 2.35. The Kier molecular flexibility index (Phi) is 6.10. The van der Waals surface area contributed by atoms with Crippen LogP contribution in [0, 0.1) is 0 Å². The Morgan fingerprint density at radius 2 is 2.00 bits per heavy atom.